The average Bonchev–Trinajstić information content (AvgIpc) is 2.62. The number of hydrogen-bond donors (Lipinski definition) is 0. The number of rotatable bonds is 17. The van der Waals surface area contributed by atoms with E-state index in [1.807, 2.05) is 0 Å². The Kier molecular flexibility index (Phi) is 17.5. The van der Waals surface area contributed by atoms with E-state index in [1.165, 1.54) is 84.0 Å². The van der Waals surface area contributed by atoms with Crippen molar-refractivity contribution in [2.24, 2.45) is 0 Å². The van der Waals surface area contributed by atoms with Crippen LogP contribution in [0.4, 0.5) is 0 Å². The minimum atomic E-state index is -0.699. The highest BCUT2D eigenvalue weighted by atomic mass is 17.2. The lowest BCUT2D eigenvalue weighted by Gasteiger charge is -2.04. The van der Waals surface area contributed by atoms with Crippen molar-refractivity contribution in [2.45, 2.75) is 117 Å². The predicted octanol–water partition coefficient (Wildman–Crippen LogP) is 6.83. The first-order chi connectivity index (χ1) is 12.6. The van der Waals surface area contributed by atoms with E-state index in [9.17, 15) is 9.59 Å². The van der Waals surface area contributed by atoms with E-state index in [0.717, 1.165) is 19.3 Å². The SMILES string of the molecule is C=C(C)C(=O)OOC(=O)CCCCCCCCCCCCCCCCC. The highest BCUT2D eigenvalue weighted by Gasteiger charge is 2.09. The third kappa shape index (κ3) is 17.5. The van der Waals surface area contributed by atoms with Gasteiger partial charge in [0.2, 0.25) is 0 Å². The summed E-state index contributed by atoms with van der Waals surface area (Å²) in [5, 5.41) is 0. The molecule has 0 saturated carbocycles. The van der Waals surface area contributed by atoms with Gasteiger partial charge in [-0.2, -0.15) is 0 Å². The van der Waals surface area contributed by atoms with Crippen molar-refractivity contribution in [1.29, 1.82) is 0 Å². The molecule has 0 unspecified atom stereocenters. The van der Waals surface area contributed by atoms with Gasteiger partial charge in [-0.15, -0.1) is 0 Å². The summed E-state index contributed by atoms with van der Waals surface area (Å²) in [6.45, 7) is 7.18. The van der Waals surface area contributed by atoms with Gasteiger partial charge in [-0.25, -0.2) is 19.4 Å². The fraction of sp³-hybridized carbons (Fsp3) is 0.818. The lowest BCUT2D eigenvalue weighted by molar-refractivity contribution is -0.255. The van der Waals surface area contributed by atoms with Crippen molar-refractivity contribution < 1.29 is 19.4 Å². The van der Waals surface area contributed by atoms with Crippen molar-refractivity contribution in [3.05, 3.63) is 12.2 Å². The van der Waals surface area contributed by atoms with Gasteiger partial charge in [0.1, 0.15) is 0 Å². The van der Waals surface area contributed by atoms with Crippen LogP contribution >= 0.6 is 0 Å². The van der Waals surface area contributed by atoms with E-state index in [1.54, 1.807) is 0 Å². The lowest BCUT2D eigenvalue weighted by atomic mass is 10.0. The minimum Gasteiger partial charge on any atom is -0.247 e. The summed E-state index contributed by atoms with van der Waals surface area (Å²) in [6.07, 6.45) is 19.6. The van der Waals surface area contributed by atoms with Crippen molar-refractivity contribution in [3.63, 3.8) is 0 Å². The van der Waals surface area contributed by atoms with Gasteiger partial charge in [-0.1, -0.05) is 103 Å². The Morgan fingerprint density at radius 2 is 1.04 bits per heavy atom. The van der Waals surface area contributed by atoms with Crippen LogP contribution in [0.5, 0.6) is 0 Å². The van der Waals surface area contributed by atoms with Gasteiger partial charge in [-0.3, -0.25) is 0 Å². The first-order valence-electron chi connectivity index (χ1n) is 10.6. The maximum Gasteiger partial charge on any atom is 0.381 e. The number of carbonyl (C=O) groups is 2. The molecule has 152 valence electrons. The van der Waals surface area contributed by atoms with E-state index in [0.29, 0.717) is 6.42 Å². The van der Waals surface area contributed by atoms with Crippen LogP contribution in [0.2, 0.25) is 0 Å². The number of unbranched alkanes of at least 4 members (excludes halogenated alkanes) is 14. The van der Waals surface area contributed by atoms with Crippen LogP contribution in [0.1, 0.15) is 117 Å². The van der Waals surface area contributed by atoms with E-state index < -0.39 is 11.9 Å². The Morgan fingerprint density at radius 3 is 1.42 bits per heavy atom. The van der Waals surface area contributed by atoms with Gasteiger partial charge >= 0.3 is 11.9 Å². The summed E-state index contributed by atoms with van der Waals surface area (Å²) in [7, 11) is 0. The molecule has 0 heterocycles. The van der Waals surface area contributed by atoms with Crippen molar-refractivity contribution in [3.8, 4) is 0 Å². The van der Waals surface area contributed by atoms with Gasteiger partial charge in [0, 0.05) is 5.57 Å². The maximum absolute atomic E-state index is 11.4. The maximum atomic E-state index is 11.4. The minimum absolute atomic E-state index is 0.213. The summed E-state index contributed by atoms with van der Waals surface area (Å²) in [6, 6.07) is 0. The Bertz CT molecular complexity index is 376. The molecule has 0 aliphatic carbocycles. The lowest BCUT2D eigenvalue weighted by Crippen LogP contribution is -2.11. The van der Waals surface area contributed by atoms with Crippen molar-refractivity contribution >= 4 is 11.9 Å². The molecule has 0 radical (unpaired) electrons. The first-order valence-corrected chi connectivity index (χ1v) is 10.6. The van der Waals surface area contributed by atoms with E-state index in [-0.39, 0.29) is 5.57 Å². The van der Waals surface area contributed by atoms with E-state index in [2.05, 4.69) is 23.3 Å². The quantitative estimate of drug-likeness (QED) is 0.122. The van der Waals surface area contributed by atoms with Crippen LogP contribution in [0.3, 0.4) is 0 Å². The Labute approximate surface area is 160 Å². The van der Waals surface area contributed by atoms with Crippen LogP contribution in [0, 0.1) is 0 Å². The van der Waals surface area contributed by atoms with Crippen LogP contribution in [0.25, 0.3) is 0 Å². The molecule has 0 bridgehead atoms. The molecule has 0 N–H and O–H groups in total. The normalized spacial score (nSPS) is 10.5. The molecule has 0 atom stereocenters. The highest BCUT2D eigenvalue weighted by Crippen LogP contribution is 2.13. The van der Waals surface area contributed by atoms with Crippen LogP contribution < -0.4 is 0 Å². The molecule has 4 nitrogen and oxygen atoms in total. The standard InChI is InChI=1S/C22H40O4/c1-4-5-6-7-8-9-10-11-12-13-14-15-16-17-18-19-21(23)25-26-22(24)20(2)3/h2,4-19H2,1,3H3. The summed E-state index contributed by atoms with van der Waals surface area (Å²) in [5.41, 5.74) is 0.213. The first kappa shape index (κ1) is 24.7. The summed E-state index contributed by atoms with van der Waals surface area (Å²) >= 11 is 0. The molecule has 0 spiro atoms. The van der Waals surface area contributed by atoms with Crippen LogP contribution in [-0.4, -0.2) is 11.9 Å². The summed E-state index contributed by atoms with van der Waals surface area (Å²) < 4.78 is 0. The average molecular weight is 369 g/mol. The van der Waals surface area contributed by atoms with Gasteiger partial charge in [0.25, 0.3) is 0 Å². The van der Waals surface area contributed by atoms with Gasteiger partial charge in [-0.05, 0) is 13.3 Å². The molecule has 4 heteroatoms. The van der Waals surface area contributed by atoms with Crippen molar-refractivity contribution in [1.82, 2.24) is 0 Å². The van der Waals surface area contributed by atoms with Gasteiger partial charge in [0.15, 0.2) is 0 Å². The van der Waals surface area contributed by atoms with Gasteiger partial charge < -0.3 is 0 Å². The largest absolute Gasteiger partial charge is 0.381 e. The zero-order chi connectivity index (χ0) is 19.5. The smallest absolute Gasteiger partial charge is 0.247 e. The number of carbonyl (C=O) groups excluding carboxylic acids is 2. The Balaban J connectivity index is 3.20. The fourth-order valence-electron chi connectivity index (χ4n) is 2.84. The zero-order valence-corrected chi connectivity index (χ0v) is 17.2. The third-order valence-electron chi connectivity index (χ3n) is 4.54. The molecular formula is C22H40O4. The second kappa shape index (κ2) is 18.5. The highest BCUT2D eigenvalue weighted by molar-refractivity contribution is 5.87. The molecule has 0 aromatic heterocycles. The topological polar surface area (TPSA) is 52.6 Å². The summed E-state index contributed by atoms with van der Waals surface area (Å²) in [4.78, 5) is 31.2. The third-order valence-corrected chi connectivity index (χ3v) is 4.54. The molecule has 0 aromatic carbocycles. The van der Waals surface area contributed by atoms with E-state index >= 15 is 0 Å². The fourth-order valence-corrected chi connectivity index (χ4v) is 2.84. The molecule has 0 amide bonds. The van der Waals surface area contributed by atoms with E-state index in [4.69, 9.17) is 0 Å². The molecular weight excluding hydrogens is 328 g/mol. The predicted molar refractivity (Wildman–Crippen MR) is 107 cm³/mol. The molecule has 0 fully saturated rings. The summed E-state index contributed by atoms with van der Waals surface area (Å²) in [5.74, 6) is -1.19. The van der Waals surface area contributed by atoms with Crippen molar-refractivity contribution in [2.75, 3.05) is 0 Å². The molecule has 0 aliphatic heterocycles. The van der Waals surface area contributed by atoms with Gasteiger partial charge in [0.05, 0.1) is 6.42 Å². The number of hydrogen-bond acceptors (Lipinski definition) is 4. The monoisotopic (exact) mass is 368 g/mol. The second-order valence-corrected chi connectivity index (χ2v) is 7.31. The second-order valence-electron chi connectivity index (χ2n) is 7.31. The zero-order valence-electron chi connectivity index (χ0n) is 17.2. The molecule has 0 aliphatic rings. The van der Waals surface area contributed by atoms with Crippen LogP contribution in [-0.2, 0) is 19.4 Å². The molecule has 0 rings (SSSR count). The molecule has 0 aromatic rings. The molecule has 0 saturated heterocycles. The molecule has 26 heavy (non-hydrogen) atoms. The Hall–Kier alpha value is -1.32. The Morgan fingerprint density at radius 1 is 0.654 bits per heavy atom. The van der Waals surface area contributed by atoms with Crippen LogP contribution in [0.15, 0.2) is 12.2 Å².